The second-order valence-corrected chi connectivity index (χ2v) is 5.73. The molecule has 90 valence electrons. The van der Waals surface area contributed by atoms with Crippen molar-refractivity contribution in [2.45, 2.75) is 32.2 Å². The fraction of sp³-hybridized carbons (Fsp3) is 0.385. The molecule has 0 bridgehead atoms. The summed E-state index contributed by atoms with van der Waals surface area (Å²) in [5.74, 6) is 0. The molecule has 2 heterocycles. The number of thiazole rings is 1. The van der Waals surface area contributed by atoms with Crippen LogP contribution in [0, 0.1) is 0 Å². The molecule has 0 saturated carbocycles. The summed E-state index contributed by atoms with van der Waals surface area (Å²) in [5, 5.41) is 3.14. The Balaban J connectivity index is 2.07. The predicted molar refractivity (Wildman–Crippen MR) is 71.9 cm³/mol. The zero-order chi connectivity index (χ0) is 12.3. The highest BCUT2D eigenvalue weighted by Gasteiger charge is 2.12. The maximum Gasteiger partial charge on any atom is 0.125 e. The van der Waals surface area contributed by atoms with Crippen LogP contribution in [0.3, 0.4) is 0 Å². The minimum atomic E-state index is -0.127. The van der Waals surface area contributed by atoms with Gasteiger partial charge in [-0.25, -0.2) is 4.98 Å². The van der Waals surface area contributed by atoms with Crippen molar-refractivity contribution < 1.29 is 0 Å². The Kier molecular flexibility index (Phi) is 3.54. The van der Waals surface area contributed by atoms with Crippen molar-refractivity contribution >= 4 is 11.3 Å². The number of hydrogen-bond donors (Lipinski definition) is 1. The van der Waals surface area contributed by atoms with E-state index in [-0.39, 0.29) is 5.54 Å². The van der Waals surface area contributed by atoms with E-state index < -0.39 is 0 Å². The normalized spacial score (nSPS) is 11.7. The van der Waals surface area contributed by atoms with Gasteiger partial charge in [0.15, 0.2) is 0 Å². The lowest BCUT2D eigenvalue weighted by Gasteiger charge is -2.16. The molecule has 0 unspecified atom stereocenters. The zero-order valence-corrected chi connectivity index (χ0v) is 11.0. The van der Waals surface area contributed by atoms with Gasteiger partial charge < -0.3 is 5.73 Å². The lowest BCUT2D eigenvalue weighted by Crippen LogP contribution is -2.32. The van der Waals surface area contributed by atoms with Crippen molar-refractivity contribution in [2.24, 2.45) is 5.73 Å². The molecular weight excluding hydrogens is 230 g/mol. The molecule has 0 radical (unpaired) electrons. The Hall–Kier alpha value is -1.26. The van der Waals surface area contributed by atoms with Crippen molar-refractivity contribution in [3.05, 3.63) is 35.6 Å². The molecule has 4 heteroatoms. The fourth-order valence-electron chi connectivity index (χ4n) is 1.49. The molecule has 0 spiro atoms. The number of hydrogen-bond acceptors (Lipinski definition) is 4. The van der Waals surface area contributed by atoms with Crippen LogP contribution in [0.2, 0.25) is 0 Å². The predicted octanol–water partition coefficient (Wildman–Crippen LogP) is 2.88. The first-order valence-electron chi connectivity index (χ1n) is 5.68. The summed E-state index contributed by atoms with van der Waals surface area (Å²) < 4.78 is 0. The Morgan fingerprint density at radius 3 is 2.88 bits per heavy atom. The van der Waals surface area contributed by atoms with E-state index in [4.69, 9.17) is 5.73 Å². The third-order valence-electron chi connectivity index (χ3n) is 2.49. The molecule has 0 aliphatic rings. The summed E-state index contributed by atoms with van der Waals surface area (Å²) in [5.41, 5.74) is 8.04. The number of aromatic nitrogens is 2. The Bertz CT molecular complexity index is 471. The van der Waals surface area contributed by atoms with Crippen molar-refractivity contribution in [2.75, 3.05) is 0 Å². The van der Waals surface area contributed by atoms with E-state index in [0.717, 1.165) is 29.1 Å². The maximum absolute atomic E-state index is 5.97. The first-order valence-corrected chi connectivity index (χ1v) is 6.56. The number of nitrogens with two attached hydrogens (primary N) is 1. The lowest BCUT2D eigenvalue weighted by molar-refractivity contribution is 0.475. The monoisotopic (exact) mass is 247 g/mol. The van der Waals surface area contributed by atoms with Gasteiger partial charge in [0.25, 0.3) is 0 Å². The van der Waals surface area contributed by atoms with Crippen molar-refractivity contribution in [3.8, 4) is 10.6 Å². The van der Waals surface area contributed by atoms with Gasteiger partial charge in [0.2, 0.25) is 0 Å². The third-order valence-corrected chi connectivity index (χ3v) is 3.43. The minimum Gasteiger partial charge on any atom is -0.326 e. The topological polar surface area (TPSA) is 51.8 Å². The number of rotatable bonds is 4. The summed E-state index contributed by atoms with van der Waals surface area (Å²) in [6.45, 7) is 4.09. The lowest BCUT2D eigenvalue weighted by atomic mass is 9.99. The van der Waals surface area contributed by atoms with Crippen LogP contribution >= 0.6 is 11.3 Å². The zero-order valence-electron chi connectivity index (χ0n) is 10.2. The van der Waals surface area contributed by atoms with Crippen LogP contribution in [0.5, 0.6) is 0 Å². The van der Waals surface area contributed by atoms with E-state index in [9.17, 15) is 0 Å². The summed E-state index contributed by atoms with van der Waals surface area (Å²) in [4.78, 5) is 8.71. The van der Waals surface area contributed by atoms with E-state index in [2.05, 4.69) is 15.3 Å². The smallest absolute Gasteiger partial charge is 0.125 e. The molecule has 2 rings (SSSR count). The largest absolute Gasteiger partial charge is 0.326 e. The molecule has 0 amide bonds. The number of nitrogens with zero attached hydrogens (tertiary/aromatic N) is 2. The van der Waals surface area contributed by atoms with Gasteiger partial charge in [-0.2, -0.15) is 0 Å². The fourth-order valence-corrected chi connectivity index (χ4v) is 2.34. The molecule has 0 aliphatic carbocycles. The molecule has 0 fully saturated rings. The van der Waals surface area contributed by atoms with Crippen LogP contribution in [-0.2, 0) is 6.42 Å². The first kappa shape index (κ1) is 12.2. The highest BCUT2D eigenvalue weighted by atomic mass is 32.1. The van der Waals surface area contributed by atoms with E-state index >= 15 is 0 Å². The summed E-state index contributed by atoms with van der Waals surface area (Å²) in [6.07, 6.45) is 5.49. The van der Waals surface area contributed by atoms with Gasteiger partial charge in [-0.05, 0) is 38.8 Å². The van der Waals surface area contributed by atoms with Crippen molar-refractivity contribution in [1.82, 2.24) is 9.97 Å². The van der Waals surface area contributed by atoms with Crippen molar-refractivity contribution in [3.63, 3.8) is 0 Å². The second kappa shape index (κ2) is 4.94. The van der Waals surface area contributed by atoms with Crippen LogP contribution in [0.1, 0.15) is 26.0 Å². The van der Waals surface area contributed by atoms with Gasteiger partial charge >= 0.3 is 0 Å². The molecule has 0 aliphatic heterocycles. The third kappa shape index (κ3) is 3.61. The Morgan fingerprint density at radius 2 is 2.24 bits per heavy atom. The Labute approximate surface area is 106 Å². The van der Waals surface area contributed by atoms with Crippen LogP contribution in [-0.4, -0.2) is 15.5 Å². The molecular formula is C13H17N3S. The summed E-state index contributed by atoms with van der Waals surface area (Å²) in [7, 11) is 0. The highest BCUT2D eigenvalue weighted by Crippen LogP contribution is 2.23. The van der Waals surface area contributed by atoms with E-state index in [1.54, 1.807) is 17.5 Å². The van der Waals surface area contributed by atoms with Gasteiger partial charge in [-0.1, -0.05) is 0 Å². The molecule has 0 atom stereocenters. The minimum absolute atomic E-state index is 0.127. The van der Waals surface area contributed by atoms with E-state index in [1.807, 2.05) is 32.2 Å². The van der Waals surface area contributed by atoms with Gasteiger partial charge in [0, 0.05) is 28.9 Å². The summed E-state index contributed by atoms with van der Waals surface area (Å²) in [6, 6.07) is 3.96. The molecule has 2 aromatic heterocycles. The number of aryl methyl sites for hydroxylation is 1. The van der Waals surface area contributed by atoms with Crippen LogP contribution in [0.25, 0.3) is 10.6 Å². The first-order chi connectivity index (χ1) is 8.04. The SMILES string of the molecule is CC(C)(N)CCc1csc(-c2cccnc2)n1. The van der Waals surface area contributed by atoms with Gasteiger partial charge in [0.1, 0.15) is 5.01 Å². The maximum atomic E-state index is 5.97. The summed E-state index contributed by atoms with van der Waals surface area (Å²) >= 11 is 1.66. The van der Waals surface area contributed by atoms with Gasteiger partial charge in [-0.15, -0.1) is 11.3 Å². The Morgan fingerprint density at radius 1 is 1.41 bits per heavy atom. The molecule has 3 nitrogen and oxygen atoms in total. The molecule has 0 saturated heterocycles. The molecule has 2 N–H and O–H groups in total. The number of pyridine rings is 1. The quantitative estimate of drug-likeness (QED) is 0.903. The average molecular weight is 247 g/mol. The standard InChI is InChI=1S/C13H17N3S/c1-13(2,14)6-5-11-9-17-12(16-11)10-4-3-7-15-8-10/h3-4,7-9H,5-6,14H2,1-2H3. The average Bonchev–Trinajstić information content (AvgIpc) is 2.75. The van der Waals surface area contributed by atoms with Gasteiger partial charge in [-0.3, -0.25) is 4.98 Å². The van der Waals surface area contributed by atoms with Crippen LogP contribution in [0.15, 0.2) is 29.9 Å². The molecule has 0 aromatic carbocycles. The molecule has 2 aromatic rings. The second-order valence-electron chi connectivity index (χ2n) is 4.87. The van der Waals surface area contributed by atoms with E-state index in [0.29, 0.717) is 0 Å². The van der Waals surface area contributed by atoms with Crippen LogP contribution < -0.4 is 5.73 Å². The molecule has 17 heavy (non-hydrogen) atoms. The highest BCUT2D eigenvalue weighted by molar-refractivity contribution is 7.13. The van der Waals surface area contributed by atoms with Crippen LogP contribution in [0.4, 0.5) is 0 Å². The van der Waals surface area contributed by atoms with Crippen molar-refractivity contribution in [1.29, 1.82) is 0 Å². The van der Waals surface area contributed by atoms with Gasteiger partial charge in [0.05, 0.1) is 5.69 Å². The van der Waals surface area contributed by atoms with E-state index in [1.165, 1.54) is 0 Å².